The number of hydrogen-bond donors (Lipinski definition) is 0. The predicted octanol–water partition coefficient (Wildman–Crippen LogP) is 1.22. The highest BCUT2D eigenvalue weighted by atomic mass is 28.2. The molecule has 0 aromatic heterocycles. The van der Waals surface area contributed by atoms with Gasteiger partial charge in [0.1, 0.15) is 6.79 Å². The molecule has 0 unspecified atom stereocenters. The van der Waals surface area contributed by atoms with Gasteiger partial charge in [-0.1, -0.05) is 26.4 Å². The van der Waals surface area contributed by atoms with Gasteiger partial charge < -0.3 is 14.9 Å². The van der Waals surface area contributed by atoms with Crippen LogP contribution in [0.5, 0.6) is 0 Å². The molecule has 0 radical (unpaired) electrons. The molecule has 0 heterocycles. The van der Waals surface area contributed by atoms with E-state index in [1.54, 1.807) is 0 Å². The first kappa shape index (κ1) is 18.8. The zero-order valence-corrected chi connectivity index (χ0v) is 11.0. The van der Waals surface area contributed by atoms with Crippen LogP contribution in [0.25, 0.3) is 0 Å². The molecular formula is C9H26O3Si. The fourth-order valence-corrected chi connectivity index (χ4v) is 0.448. The molecule has 0 rings (SSSR count). The van der Waals surface area contributed by atoms with E-state index < -0.39 is 0 Å². The van der Waals surface area contributed by atoms with Crippen LogP contribution in [-0.4, -0.2) is 35.0 Å². The summed E-state index contributed by atoms with van der Waals surface area (Å²) in [6.45, 7) is 10.7. The highest BCUT2D eigenvalue weighted by Crippen LogP contribution is 1.87. The molecule has 13 heavy (non-hydrogen) atoms. The molecule has 0 saturated heterocycles. The minimum atomic E-state index is 0. The second-order valence-electron chi connectivity index (χ2n) is 2.58. The van der Waals surface area contributed by atoms with Gasteiger partial charge in [0.15, 0.2) is 0 Å². The lowest BCUT2D eigenvalue weighted by atomic mass is 10.4. The second-order valence-corrected chi connectivity index (χ2v) is 3.99. The summed E-state index contributed by atoms with van der Waals surface area (Å²) in [5, 5.41) is 0. The Balaban J connectivity index is -0.000000220. The molecule has 2 N–H and O–H groups in total. The van der Waals surface area contributed by atoms with Crippen molar-refractivity contribution >= 4 is 9.52 Å². The fourth-order valence-electron chi connectivity index (χ4n) is 0.448. The van der Waals surface area contributed by atoms with Gasteiger partial charge in [-0.2, -0.15) is 0 Å². The highest BCUT2D eigenvalue weighted by Gasteiger charge is 1.83. The first-order valence-corrected chi connectivity index (χ1v) is 7.81. The van der Waals surface area contributed by atoms with E-state index in [0.717, 1.165) is 19.6 Å². The van der Waals surface area contributed by atoms with E-state index in [1.807, 2.05) is 6.92 Å². The van der Waals surface area contributed by atoms with Crippen LogP contribution in [0.4, 0.5) is 0 Å². The molecule has 0 saturated carbocycles. The van der Waals surface area contributed by atoms with Crippen molar-refractivity contribution < 1.29 is 14.9 Å². The van der Waals surface area contributed by atoms with Crippen molar-refractivity contribution in [1.29, 1.82) is 0 Å². The maximum Gasteiger partial charge on any atom is 0.146 e. The van der Waals surface area contributed by atoms with Gasteiger partial charge in [-0.05, 0) is 13.3 Å². The molecule has 0 fully saturated rings. The van der Waals surface area contributed by atoms with Crippen LogP contribution in [0.1, 0.15) is 26.7 Å². The Kier molecular flexibility index (Phi) is 32.9. The van der Waals surface area contributed by atoms with Gasteiger partial charge in [0.05, 0.1) is 0 Å². The lowest BCUT2D eigenvalue weighted by Crippen LogP contribution is -2.00. The Morgan fingerprint density at radius 2 is 1.62 bits per heavy atom. The van der Waals surface area contributed by atoms with E-state index in [1.165, 1.54) is 6.42 Å². The number of rotatable bonds is 6. The minimum absolute atomic E-state index is 0. The van der Waals surface area contributed by atoms with Crippen LogP contribution in [-0.2, 0) is 9.47 Å². The average molecular weight is 210 g/mol. The monoisotopic (exact) mass is 210 g/mol. The summed E-state index contributed by atoms with van der Waals surface area (Å²) in [6.07, 6.45) is 2.32. The van der Waals surface area contributed by atoms with Crippen molar-refractivity contribution in [2.24, 2.45) is 0 Å². The van der Waals surface area contributed by atoms with Crippen LogP contribution >= 0.6 is 0 Å². The lowest BCUT2D eigenvalue weighted by molar-refractivity contribution is -0.0499. The molecule has 0 bridgehead atoms. The third-order valence-electron chi connectivity index (χ3n) is 1.01. The summed E-state index contributed by atoms with van der Waals surface area (Å²) in [5.74, 6) is 0. The number of ether oxygens (including phenoxy) is 2. The van der Waals surface area contributed by atoms with Gasteiger partial charge in [0.25, 0.3) is 0 Å². The molecule has 0 spiro atoms. The van der Waals surface area contributed by atoms with Crippen LogP contribution in [0.2, 0.25) is 13.1 Å². The SMILES string of the molecule is CCCCOCOCC.C[SiH2]C.O. The van der Waals surface area contributed by atoms with E-state index in [9.17, 15) is 0 Å². The van der Waals surface area contributed by atoms with Gasteiger partial charge in [0, 0.05) is 22.7 Å². The molecule has 3 nitrogen and oxygen atoms in total. The summed E-state index contributed by atoms with van der Waals surface area (Å²) in [4.78, 5) is 0. The maximum atomic E-state index is 5.09. The summed E-state index contributed by atoms with van der Waals surface area (Å²) in [7, 11) is 0.417. The normalized spacial score (nSPS) is 8.31. The average Bonchev–Trinajstić information content (AvgIpc) is 2.06. The van der Waals surface area contributed by atoms with Crippen molar-refractivity contribution in [3.8, 4) is 0 Å². The van der Waals surface area contributed by atoms with E-state index >= 15 is 0 Å². The molecule has 0 aromatic carbocycles. The van der Waals surface area contributed by atoms with Gasteiger partial charge in [-0.25, -0.2) is 0 Å². The lowest BCUT2D eigenvalue weighted by Gasteiger charge is -2.01. The second kappa shape index (κ2) is 22.7. The smallest absolute Gasteiger partial charge is 0.146 e. The first-order valence-electron chi connectivity index (χ1n) is 4.98. The topological polar surface area (TPSA) is 50.0 Å². The molecule has 0 aliphatic rings. The summed E-state index contributed by atoms with van der Waals surface area (Å²) >= 11 is 0. The van der Waals surface area contributed by atoms with E-state index in [2.05, 4.69) is 20.0 Å². The Hall–Kier alpha value is 0.0969. The van der Waals surface area contributed by atoms with Crippen molar-refractivity contribution in [2.75, 3.05) is 20.0 Å². The van der Waals surface area contributed by atoms with Gasteiger partial charge in [-0.15, -0.1) is 0 Å². The van der Waals surface area contributed by atoms with E-state index in [-0.39, 0.29) is 5.48 Å². The minimum Gasteiger partial charge on any atom is -0.412 e. The molecule has 0 aromatic rings. The van der Waals surface area contributed by atoms with Crippen LogP contribution in [0.15, 0.2) is 0 Å². The zero-order valence-electron chi connectivity index (χ0n) is 9.56. The number of unbranched alkanes of at least 4 members (excludes halogenated alkanes) is 1. The standard InChI is InChI=1S/C7H16O2.C2H8Si.H2O/c1-3-5-6-9-7-8-4-2;1-3-2;/h3-7H2,1-2H3;3H2,1-2H3;1H2. The van der Waals surface area contributed by atoms with Crippen LogP contribution in [0, 0.1) is 0 Å². The summed E-state index contributed by atoms with van der Waals surface area (Å²) in [6, 6.07) is 0. The molecule has 84 valence electrons. The van der Waals surface area contributed by atoms with Gasteiger partial charge in [-0.3, -0.25) is 0 Å². The fraction of sp³-hybridized carbons (Fsp3) is 1.00. The molecule has 0 aliphatic heterocycles. The zero-order chi connectivity index (χ0) is 9.66. The van der Waals surface area contributed by atoms with Gasteiger partial charge >= 0.3 is 0 Å². The highest BCUT2D eigenvalue weighted by molar-refractivity contribution is 6.31. The molecule has 4 heteroatoms. The predicted molar refractivity (Wildman–Crippen MR) is 61.2 cm³/mol. The third-order valence-corrected chi connectivity index (χ3v) is 1.01. The largest absolute Gasteiger partial charge is 0.412 e. The maximum absolute atomic E-state index is 5.09. The van der Waals surface area contributed by atoms with Crippen molar-refractivity contribution in [1.82, 2.24) is 0 Å². The van der Waals surface area contributed by atoms with Crippen molar-refractivity contribution in [3.05, 3.63) is 0 Å². The molecule has 0 aliphatic carbocycles. The van der Waals surface area contributed by atoms with Crippen LogP contribution in [0.3, 0.4) is 0 Å². The Labute approximate surface area is 84.9 Å². The molecular weight excluding hydrogens is 184 g/mol. The summed E-state index contributed by atoms with van der Waals surface area (Å²) in [5.41, 5.74) is 0. The Morgan fingerprint density at radius 1 is 1.08 bits per heavy atom. The summed E-state index contributed by atoms with van der Waals surface area (Å²) < 4.78 is 10.1. The van der Waals surface area contributed by atoms with E-state index in [4.69, 9.17) is 9.47 Å². The van der Waals surface area contributed by atoms with Crippen molar-refractivity contribution in [2.45, 2.75) is 39.8 Å². The Morgan fingerprint density at radius 3 is 2.00 bits per heavy atom. The van der Waals surface area contributed by atoms with Crippen molar-refractivity contribution in [3.63, 3.8) is 0 Å². The molecule has 0 atom stereocenters. The molecule has 0 amide bonds. The van der Waals surface area contributed by atoms with E-state index in [0.29, 0.717) is 16.3 Å². The number of hydrogen-bond acceptors (Lipinski definition) is 2. The van der Waals surface area contributed by atoms with Gasteiger partial charge in [0.2, 0.25) is 0 Å². The quantitative estimate of drug-likeness (QED) is 0.376. The first-order chi connectivity index (χ1) is 5.83. The van der Waals surface area contributed by atoms with Crippen LogP contribution < -0.4 is 0 Å². The Bertz CT molecular complexity index is 56.8. The third kappa shape index (κ3) is 33.2.